The minimum absolute atomic E-state index is 0.189. The third-order valence-corrected chi connectivity index (χ3v) is 3.37. The Morgan fingerprint density at radius 3 is 2.30 bits per heavy atom. The predicted octanol–water partition coefficient (Wildman–Crippen LogP) is 4.64. The summed E-state index contributed by atoms with van der Waals surface area (Å²) in [6, 6.07) is 9.02. The second kappa shape index (κ2) is 6.18. The molecular formula is C15H12ClF3O. The van der Waals surface area contributed by atoms with Crippen LogP contribution in [0, 0.1) is 17.5 Å². The zero-order valence-electron chi connectivity index (χ0n) is 10.7. The van der Waals surface area contributed by atoms with Crippen molar-refractivity contribution in [3.05, 3.63) is 65.0 Å². The summed E-state index contributed by atoms with van der Waals surface area (Å²) in [5.74, 6) is -3.34. The van der Waals surface area contributed by atoms with Gasteiger partial charge in [-0.15, -0.1) is 11.6 Å². The molecule has 0 aromatic heterocycles. The fourth-order valence-corrected chi connectivity index (χ4v) is 2.23. The lowest BCUT2D eigenvalue weighted by atomic mass is 10.0. The fourth-order valence-electron chi connectivity index (χ4n) is 1.94. The van der Waals surface area contributed by atoms with E-state index in [9.17, 15) is 13.2 Å². The first-order chi connectivity index (χ1) is 9.52. The number of benzene rings is 2. The molecule has 0 N–H and O–H groups in total. The minimum Gasteiger partial charge on any atom is -0.496 e. The Morgan fingerprint density at radius 2 is 1.70 bits per heavy atom. The standard InChI is InChI=1S/C15H12ClF3O/c1-20-14-5-3-2-4-9(14)6-11(16)10-7-12(17)15(19)13(18)8-10/h2-5,7-8,11H,6H2,1H3. The van der Waals surface area contributed by atoms with Gasteiger partial charge in [-0.2, -0.15) is 0 Å². The molecule has 0 spiro atoms. The van der Waals surface area contributed by atoms with Crippen LogP contribution in [-0.4, -0.2) is 7.11 Å². The van der Waals surface area contributed by atoms with E-state index in [2.05, 4.69) is 0 Å². The molecule has 5 heteroatoms. The number of hydrogen-bond donors (Lipinski definition) is 0. The number of alkyl halides is 1. The Balaban J connectivity index is 2.26. The smallest absolute Gasteiger partial charge is 0.194 e. The van der Waals surface area contributed by atoms with Gasteiger partial charge in [-0.25, -0.2) is 13.2 Å². The Hall–Kier alpha value is -1.68. The van der Waals surface area contributed by atoms with Crippen molar-refractivity contribution in [2.24, 2.45) is 0 Å². The maximum absolute atomic E-state index is 13.2. The highest BCUT2D eigenvalue weighted by molar-refractivity contribution is 6.20. The van der Waals surface area contributed by atoms with Crippen LogP contribution in [0.25, 0.3) is 0 Å². The average Bonchev–Trinajstić information content (AvgIpc) is 2.44. The van der Waals surface area contributed by atoms with Gasteiger partial charge in [0.05, 0.1) is 12.5 Å². The molecule has 2 rings (SSSR count). The Kier molecular flexibility index (Phi) is 4.55. The molecule has 1 nitrogen and oxygen atoms in total. The molecule has 0 bridgehead atoms. The van der Waals surface area contributed by atoms with E-state index in [0.29, 0.717) is 12.2 Å². The summed E-state index contributed by atoms with van der Waals surface area (Å²) < 4.78 is 44.5. The highest BCUT2D eigenvalue weighted by atomic mass is 35.5. The molecule has 1 atom stereocenters. The van der Waals surface area contributed by atoms with Gasteiger partial charge in [-0.3, -0.25) is 0 Å². The first-order valence-electron chi connectivity index (χ1n) is 5.93. The SMILES string of the molecule is COc1ccccc1CC(Cl)c1cc(F)c(F)c(F)c1. The van der Waals surface area contributed by atoms with Crippen molar-refractivity contribution in [2.75, 3.05) is 7.11 Å². The summed E-state index contributed by atoms with van der Waals surface area (Å²) in [6.45, 7) is 0. The lowest BCUT2D eigenvalue weighted by molar-refractivity contribution is 0.409. The first-order valence-corrected chi connectivity index (χ1v) is 6.37. The Bertz CT molecular complexity index is 593. The van der Waals surface area contributed by atoms with Crippen molar-refractivity contribution in [3.8, 4) is 5.75 Å². The molecule has 0 saturated heterocycles. The quantitative estimate of drug-likeness (QED) is 0.590. The van der Waals surface area contributed by atoms with Gasteiger partial charge in [-0.05, 0) is 35.7 Å². The van der Waals surface area contributed by atoms with Gasteiger partial charge in [0.25, 0.3) is 0 Å². The number of halogens is 4. The Morgan fingerprint density at radius 1 is 1.10 bits per heavy atom. The van der Waals surface area contributed by atoms with Crippen molar-refractivity contribution in [2.45, 2.75) is 11.8 Å². The van der Waals surface area contributed by atoms with Gasteiger partial charge in [-0.1, -0.05) is 18.2 Å². The van der Waals surface area contributed by atoms with Crippen LogP contribution in [0.4, 0.5) is 13.2 Å². The summed E-state index contributed by atoms with van der Waals surface area (Å²) >= 11 is 6.15. The lowest BCUT2D eigenvalue weighted by Gasteiger charge is -2.13. The zero-order chi connectivity index (χ0) is 14.7. The van der Waals surface area contributed by atoms with E-state index in [1.165, 1.54) is 7.11 Å². The van der Waals surface area contributed by atoms with Crippen LogP contribution in [-0.2, 0) is 6.42 Å². The van der Waals surface area contributed by atoms with E-state index >= 15 is 0 Å². The van der Waals surface area contributed by atoms with E-state index in [1.807, 2.05) is 18.2 Å². The van der Waals surface area contributed by atoms with E-state index in [4.69, 9.17) is 16.3 Å². The second-order valence-corrected chi connectivity index (χ2v) is 4.81. The summed E-state index contributed by atoms with van der Waals surface area (Å²) in [6.07, 6.45) is 0.316. The van der Waals surface area contributed by atoms with Crippen molar-refractivity contribution < 1.29 is 17.9 Å². The molecule has 0 aliphatic heterocycles. The zero-order valence-corrected chi connectivity index (χ0v) is 11.4. The number of ether oxygens (including phenoxy) is 1. The van der Waals surface area contributed by atoms with Crippen LogP contribution in [0.15, 0.2) is 36.4 Å². The highest BCUT2D eigenvalue weighted by Gasteiger charge is 2.17. The first kappa shape index (κ1) is 14.7. The van der Waals surface area contributed by atoms with Crippen molar-refractivity contribution in [3.63, 3.8) is 0 Å². The van der Waals surface area contributed by atoms with Crippen molar-refractivity contribution in [1.29, 1.82) is 0 Å². The van der Waals surface area contributed by atoms with Gasteiger partial charge in [0.2, 0.25) is 0 Å². The molecule has 0 heterocycles. The second-order valence-electron chi connectivity index (χ2n) is 4.28. The van der Waals surface area contributed by atoms with Crippen LogP contribution in [0.2, 0.25) is 0 Å². The normalized spacial score (nSPS) is 12.2. The van der Waals surface area contributed by atoms with Gasteiger partial charge in [0, 0.05) is 0 Å². The molecule has 106 valence electrons. The van der Waals surface area contributed by atoms with E-state index < -0.39 is 22.8 Å². The summed E-state index contributed by atoms with van der Waals surface area (Å²) in [5.41, 5.74) is 0.995. The average molecular weight is 301 g/mol. The summed E-state index contributed by atoms with van der Waals surface area (Å²) in [7, 11) is 1.53. The number of para-hydroxylation sites is 1. The summed E-state index contributed by atoms with van der Waals surface area (Å²) in [4.78, 5) is 0. The molecule has 0 fully saturated rings. The van der Waals surface area contributed by atoms with Gasteiger partial charge >= 0.3 is 0 Å². The maximum Gasteiger partial charge on any atom is 0.194 e. The van der Waals surface area contributed by atoms with Crippen LogP contribution in [0.5, 0.6) is 5.75 Å². The van der Waals surface area contributed by atoms with Crippen LogP contribution in [0.3, 0.4) is 0 Å². The topological polar surface area (TPSA) is 9.23 Å². The summed E-state index contributed by atoms with van der Waals surface area (Å²) in [5, 5.41) is -0.684. The predicted molar refractivity (Wildman–Crippen MR) is 71.6 cm³/mol. The molecular weight excluding hydrogens is 289 g/mol. The fraction of sp³-hybridized carbons (Fsp3) is 0.200. The van der Waals surface area contributed by atoms with Gasteiger partial charge in [0.15, 0.2) is 17.5 Å². The maximum atomic E-state index is 13.2. The van der Waals surface area contributed by atoms with E-state index in [-0.39, 0.29) is 5.56 Å². The number of methoxy groups -OCH3 is 1. The third kappa shape index (κ3) is 3.07. The molecule has 0 amide bonds. The van der Waals surface area contributed by atoms with Crippen molar-refractivity contribution >= 4 is 11.6 Å². The molecule has 0 aliphatic carbocycles. The molecule has 0 saturated carbocycles. The lowest BCUT2D eigenvalue weighted by Crippen LogP contribution is -2.01. The number of rotatable bonds is 4. The largest absolute Gasteiger partial charge is 0.496 e. The van der Waals surface area contributed by atoms with Crippen LogP contribution in [0.1, 0.15) is 16.5 Å². The van der Waals surface area contributed by atoms with E-state index in [1.54, 1.807) is 6.07 Å². The number of hydrogen-bond acceptors (Lipinski definition) is 1. The van der Waals surface area contributed by atoms with Crippen LogP contribution < -0.4 is 4.74 Å². The molecule has 20 heavy (non-hydrogen) atoms. The van der Waals surface area contributed by atoms with Gasteiger partial charge < -0.3 is 4.74 Å². The highest BCUT2D eigenvalue weighted by Crippen LogP contribution is 2.30. The molecule has 0 aliphatic rings. The molecule has 2 aromatic rings. The molecule has 1 unspecified atom stereocenters. The van der Waals surface area contributed by atoms with Crippen molar-refractivity contribution in [1.82, 2.24) is 0 Å². The van der Waals surface area contributed by atoms with E-state index in [0.717, 1.165) is 17.7 Å². The molecule has 2 aromatic carbocycles. The van der Waals surface area contributed by atoms with Gasteiger partial charge in [0.1, 0.15) is 5.75 Å². The third-order valence-electron chi connectivity index (χ3n) is 2.96. The molecule has 0 radical (unpaired) electrons. The minimum atomic E-state index is -1.49. The Labute approximate surface area is 119 Å². The monoisotopic (exact) mass is 300 g/mol. The van der Waals surface area contributed by atoms with Crippen LogP contribution >= 0.6 is 11.6 Å².